The minimum atomic E-state index is -0.278. The van der Waals surface area contributed by atoms with E-state index in [-0.39, 0.29) is 17.5 Å². The van der Waals surface area contributed by atoms with E-state index in [2.05, 4.69) is 24.0 Å². The highest BCUT2D eigenvalue weighted by molar-refractivity contribution is 6.04. The highest BCUT2D eigenvalue weighted by Gasteiger charge is 2.22. The number of aromatic nitrogens is 2. The Balaban J connectivity index is 2.40. The summed E-state index contributed by atoms with van der Waals surface area (Å²) in [6.45, 7) is 6.27. The fourth-order valence-corrected chi connectivity index (χ4v) is 2.49. The first kappa shape index (κ1) is 15.2. The summed E-state index contributed by atoms with van der Waals surface area (Å²) in [6, 6.07) is 7.15. The average Bonchev–Trinajstić information content (AvgIpc) is 2.46. The molecule has 5 heteroatoms. The van der Waals surface area contributed by atoms with Crippen molar-refractivity contribution in [1.29, 1.82) is 0 Å². The summed E-state index contributed by atoms with van der Waals surface area (Å²) >= 11 is 0. The van der Waals surface area contributed by atoms with E-state index in [9.17, 15) is 9.59 Å². The Morgan fingerprint density at radius 2 is 1.86 bits per heavy atom. The topological polar surface area (TPSA) is 66.1 Å². The quantitative estimate of drug-likeness (QED) is 0.939. The minimum Gasteiger partial charge on any atom is -0.338 e. The van der Waals surface area contributed by atoms with Gasteiger partial charge in [0.05, 0.1) is 5.39 Å². The standard InChI is InChI=1S/C16H21N3O2/c1-10(2)9-11(3)19(4)16(21)14-12-7-5-6-8-13(12)15(20)18-17-14/h5-8,10-11H,9H2,1-4H3,(H,18,20)/t11-/m0/s1. The van der Waals surface area contributed by atoms with Crippen molar-refractivity contribution >= 4 is 16.7 Å². The van der Waals surface area contributed by atoms with Crippen molar-refractivity contribution in [2.75, 3.05) is 7.05 Å². The average molecular weight is 287 g/mol. The molecule has 0 spiro atoms. The van der Waals surface area contributed by atoms with Gasteiger partial charge >= 0.3 is 0 Å². The molecule has 1 amide bonds. The lowest BCUT2D eigenvalue weighted by Gasteiger charge is -2.26. The molecule has 2 rings (SSSR count). The molecule has 1 atom stereocenters. The number of rotatable bonds is 4. The van der Waals surface area contributed by atoms with Gasteiger partial charge in [0.2, 0.25) is 0 Å². The fraction of sp³-hybridized carbons (Fsp3) is 0.438. The van der Waals surface area contributed by atoms with Crippen LogP contribution in [0.5, 0.6) is 0 Å². The first-order chi connectivity index (χ1) is 9.91. The number of carbonyl (C=O) groups is 1. The molecule has 2 aromatic rings. The second kappa shape index (κ2) is 6.08. The van der Waals surface area contributed by atoms with Gasteiger partial charge in [-0.25, -0.2) is 5.10 Å². The number of nitrogens with zero attached hydrogens (tertiary/aromatic N) is 2. The molecular weight excluding hydrogens is 266 g/mol. The molecule has 0 fully saturated rings. The summed E-state index contributed by atoms with van der Waals surface area (Å²) in [6.07, 6.45) is 0.920. The van der Waals surface area contributed by atoms with Crippen molar-refractivity contribution in [2.45, 2.75) is 33.2 Å². The number of nitrogens with one attached hydrogen (secondary N) is 1. The predicted molar refractivity (Wildman–Crippen MR) is 83.4 cm³/mol. The Labute approximate surface area is 124 Å². The first-order valence-corrected chi connectivity index (χ1v) is 7.16. The van der Waals surface area contributed by atoms with Gasteiger partial charge in [0.25, 0.3) is 11.5 Å². The van der Waals surface area contributed by atoms with Crippen LogP contribution in [0.2, 0.25) is 0 Å². The lowest BCUT2D eigenvalue weighted by atomic mass is 10.0. The van der Waals surface area contributed by atoms with Gasteiger partial charge in [0.1, 0.15) is 0 Å². The maximum Gasteiger partial charge on any atom is 0.274 e. The van der Waals surface area contributed by atoms with Crippen molar-refractivity contribution in [2.24, 2.45) is 5.92 Å². The Morgan fingerprint density at radius 1 is 1.24 bits per heavy atom. The molecule has 0 unspecified atom stereocenters. The Morgan fingerprint density at radius 3 is 2.48 bits per heavy atom. The molecule has 112 valence electrons. The van der Waals surface area contributed by atoms with Crippen molar-refractivity contribution in [3.63, 3.8) is 0 Å². The van der Waals surface area contributed by atoms with Crippen molar-refractivity contribution in [3.05, 3.63) is 40.3 Å². The lowest BCUT2D eigenvalue weighted by molar-refractivity contribution is 0.0723. The van der Waals surface area contributed by atoms with Crippen LogP contribution in [0.15, 0.2) is 29.1 Å². The van der Waals surface area contributed by atoms with Gasteiger partial charge in [-0.1, -0.05) is 32.0 Å². The monoisotopic (exact) mass is 287 g/mol. The molecule has 0 radical (unpaired) electrons. The molecule has 0 aliphatic carbocycles. The van der Waals surface area contributed by atoms with Crippen LogP contribution in [-0.4, -0.2) is 34.1 Å². The van der Waals surface area contributed by atoms with E-state index in [0.29, 0.717) is 22.4 Å². The number of aromatic amines is 1. The number of hydrogen-bond acceptors (Lipinski definition) is 3. The predicted octanol–water partition coefficient (Wildman–Crippen LogP) is 2.43. The fourth-order valence-electron chi connectivity index (χ4n) is 2.49. The Bertz CT molecular complexity index is 706. The third-order valence-electron chi connectivity index (χ3n) is 3.69. The van der Waals surface area contributed by atoms with E-state index in [4.69, 9.17) is 0 Å². The molecular formula is C16H21N3O2. The molecule has 1 heterocycles. The highest BCUT2D eigenvalue weighted by Crippen LogP contribution is 2.17. The van der Waals surface area contributed by atoms with Crippen LogP contribution >= 0.6 is 0 Å². The zero-order valence-electron chi connectivity index (χ0n) is 12.9. The van der Waals surface area contributed by atoms with Crippen LogP contribution in [0.25, 0.3) is 10.8 Å². The van der Waals surface area contributed by atoms with Crippen LogP contribution in [0.1, 0.15) is 37.7 Å². The third kappa shape index (κ3) is 3.12. The number of amides is 1. The molecule has 0 bridgehead atoms. The van der Waals surface area contributed by atoms with E-state index in [1.165, 1.54) is 0 Å². The molecule has 0 saturated carbocycles. The third-order valence-corrected chi connectivity index (χ3v) is 3.69. The molecule has 0 aliphatic rings. The maximum atomic E-state index is 12.6. The van der Waals surface area contributed by atoms with Crippen molar-refractivity contribution in [1.82, 2.24) is 15.1 Å². The van der Waals surface area contributed by atoms with E-state index < -0.39 is 0 Å². The van der Waals surface area contributed by atoms with E-state index >= 15 is 0 Å². The second-order valence-corrected chi connectivity index (χ2v) is 5.84. The van der Waals surface area contributed by atoms with Gasteiger partial charge in [-0.15, -0.1) is 0 Å². The summed E-state index contributed by atoms with van der Waals surface area (Å²) < 4.78 is 0. The Hall–Kier alpha value is -2.17. The maximum absolute atomic E-state index is 12.6. The lowest BCUT2D eigenvalue weighted by Crippen LogP contribution is -2.37. The van der Waals surface area contributed by atoms with Crippen LogP contribution in [0.3, 0.4) is 0 Å². The van der Waals surface area contributed by atoms with Crippen LogP contribution in [0.4, 0.5) is 0 Å². The first-order valence-electron chi connectivity index (χ1n) is 7.16. The normalized spacial score (nSPS) is 12.6. The Kier molecular flexibility index (Phi) is 4.40. The van der Waals surface area contributed by atoms with E-state index in [1.54, 1.807) is 36.2 Å². The van der Waals surface area contributed by atoms with Crippen LogP contribution < -0.4 is 5.56 Å². The molecule has 0 saturated heterocycles. The van der Waals surface area contributed by atoms with Crippen LogP contribution in [0, 0.1) is 5.92 Å². The number of H-pyrrole nitrogens is 1. The highest BCUT2D eigenvalue weighted by atomic mass is 16.2. The van der Waals surface area contributed by atoms with Crippen LogP contribution in [-0.2, 0) is 0 Å². The molecule has 1 N–H and O–H groups in total. The molecule has 1 aromatic heterocycles. The van der Waals surface area contributed by atoms with Crippen molar-refractivity contribution in [3.8, 4) is 0 Å². The van der Waals surface area contributed by atoms with Gasteiger partial charge in [-0.3, -0.25) is 9.59 Å². The molecule has 21 heavy (non-hydrogen) atoms. The van der Waals surface area contributed by atoms with Gasteiger partial charge in [0.15, 0.2) is 5.69 Å². The summed E-state index contributed by atoms with van der Waals surface area (Å²) in [5.74, 6) is 0.339. The summed E-state index contributed by atoms with van der Waals surface area (Å²) in [5, 5.41) is 7.44. The van der Waals surface area contributed by atoms with E-state index in [0.717, 1.165) is 6.42 Å². The van der Waals surface area contributed by atoms with Gasteiger partial charge in [-0.05, 0) is 25.3 Å². The summed E-state index contributed by atoms with van der Waals surface area (Å²) in [4.78, 5) is 26.1. The number of carbonyl (C=O) groups excluding carboxylic acids is 1. The van der Waals surface area contributed by atoms with Gasteiger partial charge in [-0.2, -0.15) is 5.10 Å². The second-order valence-electron chi connectivity index (χ2n) is 5.84. The minimum absolute atomic E-state index is 0.116. The largest absolute Gasteiger partial charge is 0.338 e. The van der Waals surface area contributed by atoms with Gasteiger partial charge in [0, 0.05) is 18.5 Å². The summed E-state index contributed by atoms with van der Waals surface area (Å²) in [5.41, 5.74) is 0.0170. The SMILES string of the molecule is CC(C)C[C@H](C)N(C)C(=O)c1n[nH]c(=O)c2ccccc12. The smallest absolute Gasteiger partial charge is 0.274 e. The molecule has 1 aromatic carbocycles. The number of fused-ring (bicyclic) bond motifs is 1. The molecule has 0 aliphatic heterocycles. The van der Waals surface area contributed by atoms with Gasteiger partial charge < -0.3 is 4.90 Å². The zero-order chi connectivity index (χ0) is 15.6. The van der Waals surface area contributed by atoms with E-state index in [1.807, 2.05) is 6.92 Å². The van der Waals surface area contributed by atoms with Crippen molar-refractivity contribution < 1.29 is 4.79 Å². The summed E-state index contributed by atoms with van der Waals surface area (Å²) in [7, 11) is 1.77. The zero-order valence-corrected chi connectivity index (χ0v) is 12.9. The molecule has 5 nitrogen and oxygen atoms in total. The number of benzene rings is 1. The number of hydrogen-bond donors (Lipinski definition) is 1.